The highest BCUT2D eigenvalue weighted by Crippen LogP contribution is 2.33. The first-order valence-electron chi connectivity index (χ1n) is 7.00. The van der Waals surface area contributed by atoms with Crippen molar-refractivity contribution in [3.63, 3.8) is 0 Å². The summed E-state index contributed by atoms with van der Waals surface area (Å²) in [5, 5.41) is 0. The molecule has 0 radical (unpaired) electrons. The Bertz CT molecular complexity index is 439. The Morgan fingerprint density at radius 1 is 1.11 bits per heavy atom. The van der Waals surface area contributed by atoms with Crippen LogP contribution in [0.25, 0.3) is 0 Å². The lowest BCUT2D eigenvalue weighted by Crippen LogP contribution is -2.34. The van der Waals surface area contributed by atoms with Crippen molar-refractivity contribution in [2.45, 2.75) is 32.6 Å². The van der Waals surface area contributed by atoms with E-state index in [2.05, 4.69) is 0 Å². The molecule has 19 heavy (non-hydrogen) atoms. The van der Waals surface area contributed by atoms with E-state index in [1.807, 2.05) is 30.3 Å². The van der Waals surface area contributed by atoms with Gasteiger partial charge in [0, 0.05) is 11.5 Å². The van der Waals surface area contributed by atoms with Crippen LogP contribution in [0.2, 0.25) is 0 Å². The predicted molar refractivity (Wildman–Crippen MR) is 72.9 cm³/mol. The highest BCUT2D eigenvalue weighted by molar-refractivity contribution is 6.00. The van der Waals surface area contributed by atoms with Crippen LogP contribution < -0.4 is 0 Å². The zero-order valence-corrected chi connectivity index (χ0v) is 11.3. The van der Waals surface area contributed by atoms with E-state index < -0.39 is 0 Å². The van der Waals surface area contributed by atoms with Crippen LogP contribution in [-0.4, -0.2) is 18.4 Å². The van der Waals surface area contributed by atoms with Crippen LogP contribution in [0.3, 0.4) is 0 Å². The molecule has 1 aromatic carbocycles. The Balaban J connectivity index is 2.15. The summed E-state index contributed by atoms with van der Waals surface area (Å²) in [6.45, 7) is 2.18. The molecule has 3 heteroatoms. The average Bonchev–Trinajstić information content (AvgIpc) is 2.47. The first-order valence-corrected chi connectivity index (χ1v) is 7.00. The summed E-state index contributed by atoms with van der Waals surface area (Å²) in [7, 11) is 0. The zero-order valence-electron chi connectivity index (χ0n) is 11.3. The lowest BCUT2D eigenvalue weighted by Gasteiger charge is -2.28. The molecule has 0 unspecified atom stereocenters. The van der Waals surface area contributed by atoms with Gasteiger partial charge in [0.25, 0.3) is 0 Å². The van der Waals surface area contributed by atoms with Gasteiger partial charge in [0.15, 0.2) is 5.78 Å². The van der Waals surface area contributed by atoms with Crippen LogP contribution >= 0.6 is 0 Å². The SMILES string of the molecule is CCOC(=O)[C@@H]1CCCC[C@@H]1C(=O)c1ccccc1. The molecule has 0 N–H and O–H groups in total. The van der Waals surface area contributed by atoms with Gasteiger partial charge < -0.3 is 4.74 Å². The molecule has 102 valence electrons. The number of ketones is 1. The van der Waals surface area contributed by atoms with Gasteiger partial charge in [0.2, 0.25) is 0 Å². The Kier molecular flexibility index (Phi) is 4.72. The second-order valence-electron chi connectivity index (χ2n) is 4.98. The van der Waals surface area contributed by atoms with Crippen LogP contribution in [-0.2, 0) is 9.53 Å². The third-order valence-corrected chi connectivity index (χ3v) is 3.75. The molecule has 0 spiro atoms. The van der Waals surface area contributed by atoms with E-state index in [1.54, 1.807) is 6.92 Å². The number of Topliss-reactive ketones (excluding diaryl/α,β-unsaturated/α-hetero) is 1. The maximum atomic E-state index is 12.5. The largest absolute Gasteiger partial charge is 0.466 e. The van der Waals surface area contributed by atoms with E-state index in [-0.39, 0.29) is 23.6 Å². The van der Waals surface area contributed by atoms with Gasteiger partial charge in [-0.1, -0.05) is 43.2 Å². The lowest BCUT2D eigenvalue weighted by molar-refractivity contribution is -0.150. The van der Waals surface area contributed by atoms with Gasteiger partial charge in [-0.15, -0.1) is 0 Å². The predicted octanol–water partition coefficient (Wildman–Crippen LogP) is 3.24. The number of esters is 1. The molecule has 0 aromatic heterocycles. The zero-order chi connectivity index (χ0) is 13.7. The van der Waals surface area contributed by atoms with Gasteiger partial charge in [0.05, 0.1) is 12.5 Å². The topological polar surface area (TPSA) is 43.4 Å². The minimum Gasteiger partial charge on any atom is -0.466 e. The highest BCUT2D eigenvalue weighted by Gasteiger charge is 2.36. The Morgan fingerprint density at radius 3 is 2.37 bits per heavy atom. The van der Waals surface area contributed by atoms with Gasteiger partial charge in [-0.05, 0) is 19.8 Å². The monoisotopic (exact) mass is 260 g/mol. The van der Waals surface area contributed by atoms with Crippen LogP contribution in [0.4, 0.5) is 0 Å². The van der Waals surface area contributed by atoms with Gasteiger partial charge in [0.1, 0.15) is 0 Å². The van der Waals surface area contributed by atoms with E-state index >= 15 is 0 Å². The fourth-order valence-corrected chi connectivity index (χ4v) is 2.79. The molecule has 3 nitrogen and oxygen atoms in total. The van der Waals surface area contributed by atoms with Crippen molar-refractivity contribution in [3.05, 3.63) is 35.9 Å². The third kappa shape index (κ3) is 3.22. The maximum Gasteiger partial charge on any atom is 0.309 e. The summed E-state index contributed by atoms with van der Waals surface area (Å²) in [6.07, 6.45) is 3.57. The number of rotatable bonds is 4. The second-order valence-corrected chi connectivity index (χ2v) is 4.98. The minimum absolute atomic E-state index is 0.0818. The van der Waals surface area contributed by atoms with Crippen LogP contribution in [0.1, 0.15) is 43.0 Å². The third-order valence-electron chi connectivity index (χ3n) is 3.75. The van der Waals surface area contributed by atoms with E-state index in [1.165, 1.54) is 0 Å². The molecule has 0 bridgehead atoms. The van der Waals surface area contributed by atoms with Crippen LogP contribution in [0, 0.1) is 11.8 Å². The standard InChI is InChI=1S/C16H20O3/c1-2-19-16(18)14-11-7-6-10-13(14)15(17)12-8-4-3-5-9-12/h3-5,8-9,13-14H,2,6-7,10-11H2,1H3/t13-,14+/m0/s1. The molecule has 0 saturated heterocycles. The summed E-state index contributed by atoms with van der Waals surface area (Å²) in [5.74, 6) is -0.605. The summed E-state index contributed by atoms with van der Waals surface area (Å²) in [5.41, 5.74) is 0.698. The molecule has 1 aliphatic rings. The Labute approximate surface area is 114 Å². The fraction of sp³-hybridized carbons (Fsp3) is 0.500. The molecule has 1 aliphatic carbocycles. The smallest absolute Gasteiger partial charge is 0.309 e. The van der Waals surface area contributed by atoms with Gasteiger partial charge in [-0.25, -0.2) is 0 Å². The van der Waals surface area contributed by atoms with E-state index in [0.717, 1.165) is 25.7 Å². The van der Waals surface area contributed by atoms with E-state index in [9.17, 15) is 9.59 Å². The summed E-state index contributed by atoms with van der Waals surface area (Å²) < 4.78 is 5.11. The van der Waals surface area contributed by atoms with Crippen molar-refractivity contribution < 1.29 is 14.3 Å². The molecule has 1 aromatic rings. The number of hydrogen-bond donors (Lipinski definition) is 0. The molecule has 2 rings (SSSR count). The first-order chi connectivity index (χ1) is 9.24. The fourth-order valence-electron chi connectivity index (χ4n) is 2.79. The van der Waals surface area contributed by atoms with Crippen LogP contribution in [0.15, 0.2) is 30.3 Å². The molecule has 0 aliphatic heterocycles. The van der Waals surface area contributed by atoms with Gasteiger partial charge in [-0.2, -0.15) is 0 Å². The van der Waals surface area contributed by atoms with Crippen molar-refractivity contribution in [1.82, 2.24) is 0 Å². The van der Waals surface area contributed by atoms with Gasteiger partial charge >= 0.3 is 5.97 Å². The molecule has 1 fully saturated rings. The average molecular weight is 260 g/mol. The van der Waals surface area contributed by atoms with Crippen molar-refractivity contribution in [2.24, 2.45) is 11.8 Å². The van der Waals surface area contributed by atoms with Crippen molar-refractivity contribution in [2.75, 3.05) is 6.61 Å². The number of carbonyl (C=O) groups is 2. The molecule has 0 heterocycles. The molecule has 1 saturated carbocycles. The number of ether oxygens (including phenoxy) is 1. The summed E-state index contributed by atoms with van der Waals surface area (Å²) in [4.78, 5) is 24.5. The molecular formula is C16H20O3. The molecule has 0 amide bonds. The second kappa shape index (κ2) is 6.50. The van der Waals surface area contributed by atoms with Crippen molar-refractivity contribution in [1.29, 1.82) is 0 Å². The molecule has 2 atom stereocenters. The highest BCUT2D eigenvalue weighted by atomic mass is 16.5. The minimum atomic E-state index is -0.263. The summed E-state index contributed by atoms with van der Waals surface area (Å²) in [6, 6.07) is 9.24. The van der Waals surface area contributed by atoms with Crippen molar-refractivity contribution in [3.8, 4) is 0 Å². The van der Waals surface area contributed by atoms with E-state index in [0.29, 0.717) is 12.2 Å². The van der Waals surface area contributed by atoms with Crippen LogP contribution in [0.5, 0.6) is 0 Å². The first kappa shape index (κ1) is 13.8. The Morgan fingerprint density at radius 2 is 1.74 bits per heavy atom. The normalized spacial score (nSPS) is 22.8. The maximum absolute atomic E-state index is 12.5. The summed E-state index contributed by atoms with van der Waals surface area (Å²) >= 11 is 0. The Hall–Kier alpha value is -1.64. The number of benzene rings is 1. The lowest BCUT2D eigenvalue weighted by atomic mass is 9.75. The van der Waals surface area contributed by atoms with Gasteiger partial charge in [-0.3, -0.25) is 9.59 Å². The number of hydrogen-bond acceptors (Lipinski definition) is 3. The van der Waals surface area contributed by atoms with Crippen molar-refractivity contribution >= 4 is 11.8 Å². The molecular weight excluding hydrogens is 240 g/mol. The number of carbonyl (C=O) groups excluding carboxylic acids is 2. The quantitative estimate of drug-likeness (QED) is 0.616. The van der Waals surface area contributed by atoms with E-state index in [4.69, 9.17) is 4.74 Å².